The number of ether oxygens (including phenoxy) is 1. The van der Waals surface area contributed by atoms with E-state index in [1.165, 1.54) is 0 Å². The number of rotatable bonds is 6. The number of pyridine rings is 2. The first-order valence-corrected chi connectivity index (χ1v) is 11.0. The van der Waals surface area contributed by atoms with Crippen LogP contribution < -0.4 is 16.4 Å². The van der Waals surface area contributed by atoms with Crippen molar-refractivity contribution in [3.63, 3.8) is 0 Å². The molecule has 0 spiro atoms. The molecule has 2 aliphatic rings. The monoisotopic (exact) mass is 429 g/mol. The molecular weight excluding hydrogens is 402 g/mol. The molecule has 0 radical (unpaired) electrons. The maximum absolute atomic E-state index is 12.5. The van der Waals surface area contributed by atoms with Crippen LogP contribution in [0.1, 0.15) is 32.1 Å². The maximum Gasteiger partial charge on any atom is 0.228 e. The van der Waals surface area contributed by atoms with E-state index in [1.54, 1.807) is 12.3 Å². The van der Waals surface area contributed by atoms with Crippen molar-refractivity contribution < 1.29 is 9.53 Å². The quantitative estimate of drug-likeness (QED) is 0.647. The number of carbonyl (C=O) groups is 1. The fourth-order valence-corrected chi connectivity index (χ4v) is 4.27. The molecule has 1 aliphatic carbocycles. The molecule has 1 saturated carbocycles. The molecular formula is C22H28ClN5O2. The zero-order chi connectivity index (χ0) is 20.9. The van der Waals surface area contributed by atoms with Crippen molar-refractivity contribution in [2.75, 3.05) is 30.4 Å². The van der Waals surface area contributed by atoms with Gasteiger partial charge in [-0.3, -0.25) is 4.79 Å². The second-order valence-corrected chi connectivity index (χ2v) is 8.56. The lowest BCUT2D eigenvalue weighted by molar-refractivity contribution is -0.119. The Morgan fingerprint density at radius 3 is 2.80 bits per heavy atom. The zero-order valence-electron chi connectivity index (χ0n) is 16.9. The van der Waals surface area contributed by atoms with Gasteiger partial charge in [-0.05, 0) is 56.2 Å². The summed E-state index contributed by atoms with van der Waals surface area (Å²) in [6.45, 7) is 2.52. The molecule has 3 heterocycles. The molecule has 0 bridgehead atoms. The van der Waals surface area contributed by atoms with Crippen LogP contribution in [0.15, 0.2) is 30.5 Å². The number of nitrogens with zero attached hydrogens (tertiary/aromatic N) is 2. The molecule has 160 valence electrons. The van der Waals surface area contributed by atoms with Crippen LogP contribution in [0.3, 0.4) is 0 Å². The molecule has 0 aromatic carbocycles. The summed E-state index contributed by atoms with van der Waals surface area (Å²) in [5.74, 6) is 1.78. The van der Waals surface area contributed by atoms with Gasteiger partial charge >= 0.3 is 0 Å². The summed E-state index contributed by atoms with van der Waals surface area (Å²) in [5.41, 5.74) is 7.40. The zero-order valence-corrected chi connectivity index (χ0v) is 17.7. The lowest BCUT2D eigenvalue weighted by Gasteiger charge is -2.22. The molecule has 2 aromatic rings. The van der Waals surface area contributed by atoms with Gasteiger partial charge in [-0.1, -0.05) is 17.7 Å². The van der Waals surface area contributed by atoms with Crippen molar-refractivity contribution in [1.29, 1.82) is 0 Å². The first-order valence-electron chi connectivity index (χ1n) is 10.6. The molecule has 4 rings (SSSR count). The fraction of sp³-hybridized carbons (Fsp3) is 0.500. The number of carbonyl (C=O) groups excluding carboxylic acids is 1. The van der Waals surface area contributed by atoms with Gasteiger partial charge in [0.1, 0.15) is 11.6 Å². The van der Waals surface area contributed by atoms with Crippen LogP contribution in [0, 0.1) is 11.8 Å². The molecule has 2 atom stereocenters. The van der Waals surface area contributed by atoms with E-state index >= 15 is 0 Å². The van der Waals surface area contributed by atoms with Crippen molar-refractivity contribution in [1.82, 2.24) is 9.97 Å². The number of aromatic nitrogens is 2. The normalized spacial score (nSPS) is 22.1. The third kappa shape index (κ3) is 5.28. The predicted molar refractivity (Wildman–Crippen MR) is 118 cm³/mol. The van der Waals surface area contributed by atoms with Crippen LogP contribution in [0.5, 0.6) is 0 Å². The molecule has 7 nitrogen and oxygen atoms in total. The summed E-state index contributed by atoms with van der Waals surface area (Å²) in [6, 6.07) is 7.69. The Hall–Kier alpha value is -2.22. The van der Waals surface area contributed by atoms with Crippen LogP contribution in [-0.2, 0) is 9.53 Å². The molecule has 8 heteroatoms. The summed E-state index contributed by atoms with van der Waals surface area (Å²) in [7, 11) is 0. The van der Waals surface area contributed by atoms with E-state index in [4.69, 9.17) is 27.1 Å². The van der Waals surface area contributed by atoms with Crippen molar-refractivity contribution in [2.24, 2.45) is 17.6 Å². The van der Waals surface area contributed by atoms with Crippen molar-refractivity contribution in [2.45, 2.75) is 38.1 Å². The first kappa shape index (κ1) is 21.0. The second-order valence-electron chi connectivity index (χ2n) is 8.15. The van der Waals surface area contributed by atoms with E-state index in [-0.39, 0.29) is 17.9 Å². The minimum Gasteiger partial charge on any atom is -0.381 e. The van der Waals surface area contributed by atoms with Crippen LogP contribution in [0.4, 0.5) is 11.6 Å². The van der Waals surface area contributed by atoms with E-state index in [0.717, 1.165) is 62.5 Å². The molecule has 1 saturated heterocycles. The number of amides is 1. The second kappa shape index (κ2) is 9.73. The fourth-order valence-electron chi connectivity index (χ4n) is 4.07. The minimum absolute atomic E-state index is 0.0384. The minimum atomic E-state index is -0.0585. The Kier molecular flexibility index (Phi) is 6.82. The largest absolute Gasteiger partial charge is 0.381 e. The molecule has 0 unspecified atom stereocenters. The average molecular weight is 430 g/mol. The number of nitrogens with two attached hydrogens (primary N) is 1. The maximum atomic E-state index is 12.5. The Morgan fingerprint density at radius 1 is 1.20 bits per heavy atom. The SMILES string of the molecule is N[C@@H]1CC[C@H](C(=O)Nc2cc(-c3cccc(NCC4CCOCC4)n3)c(Cl)cn2)C1. The lowest BCUT2D eigenvalue weighted by atomic mass is 10.0. The summed E-state index contributed by atoms with van der Waals surface area (Å²) in [4.78, 5) is 21.5. The van der Waals surface area contributed by atoms with Crippen LogP contribution in [0.25, 0.3) is 11.3 Å². The van der Waals surface area contributed by atoms with Gasteiger partial charge in [0, 0.05) is 43.5 Å². The number of halogens is 1. The van der Waals surface area contributed by atoms with Crippen LogP contribution >= 0.6 is 11.6 Å². The van der Waals surface area contributed by atoms with Crippen LogP contribution in [-0.4, -0.2) is 41.7 Å². The smallest absolute Gasteiger partial charge is 0.228 e. The van der Waals surface area contributed by atoms with E-state index in [0.29, 0.717) is 23.2 Å². The van der Waals surface area contributed by atoms with E-state index in [9.17, 15) is 4.79 Å². The Bertz CT molecular complexity index is 888. The van der Waals surface area contributed by atoms with Gasteiger partial charge in [0.25, 0.3) is 0 Å². The van der Waals surface area contributed by atoms with E-state index < -0.39 is 0 Å². The standard InChI is InChI=1S/C22H28ClN5O2/c23-18-13-26-21(28-22(29)15-4-5-16(24)10-15)11-17(18)19-2-1-3-20(27-19)25-12-14-6-8-30-9-7-14/h1-3,11,13-16H,4-10,12,24H2,(H,25,27)(H,26,28,29)/t15-,16+/m0/s1. The Labute approximate surface area is 181 Å². The van der Waals surface area contributed by atoms with Gasteiger partial charge < -0.3 is 21.1 Å². The van der Waals surface area contributed by atoms with Crippen LogP contribution in [0.2, 0.25) is 5.02 Å². The van der Waals surface area contributed by atoms with Gasteiger partial charge in [0.05, 0.1) is 10.7 Å². The van der Waals surface area contributed by atoms with Gasteiger partial charge in [0.2, 0.25) is 5.91 Å². The molecule has 2 fully saturated rings. The molecule has 2 aromatic heterocycles. The predicted octanol–water partition coefficient (Wildman–Crippen LogP) is 3.70. The molecule has 30 heavy (non-hydrogen) atoms. The topological polar surface area (TPSA) is 102 Å². The Balaban J connectivity index is 1.45. The third-order valence-corrected chi connectivity index (χ3v) is 6.19. The lowest BCUT2D eigenvalue weighted by Crippen LogP contribution is -2.23. The third-order valence-electron chi connectivity index (χ3n) is 5.89. The van der Waals surface area contributed by atoms with Gasteiger partial charge in [0.15, 0.2) is 0 Å². The summed E-state index contributed by atoms with van der Waals surface area (Å²) >= 11 is 6.40. The van der Waals surface area contributed by atoms with Crippen molar-refractivity contribution in [3.05, 3.63) is 35.5 Å². The molecule has 4 N–H and O–H groups in total. The first-order chi connectivity index (χ1) is 14.6. The average Bonchev–Trinajstić information content (AvgIpc) is 3.21. The highest BCUT2D eigenvalue weighted by molar-refractivity contribution is 6.33. The highest BCUT2D eigenvalue weighted by Crippen LogP contribution is 2.30. The van der Waals surface area contributed by atoms with Gasteiger partial charge in [-0.15, -0.1) is 0 Å². The number of anilines is 2. The number of hydrogen-bond acceptors (Lipinski definition) is 6. The Morgan fingerprint density at radius 2 is 2.03 bits per heavy atom. The van der Waals surface area contributed by atoms with E-state index in [1.807, 2.05) is 18.2 Å². The highest BCUT2D eigenvalue weighted by atomic mass is 35.5. The number of nitrogens with one attached hydrogen (secondary N) is 2. The summed E-state index contributed by atoms with van der Waals surface area (Å²) in [6.07, 6.45) is 6.10. The molecule has 1 aliphatic heterocycles. The van der Waals surface area contributed by atoms with E-state index in [2.05, 4.69) is 15.6 Å². The highest BCUT2D eigenvalue weighted by Gasteiger charge is 2.28. The summed E-state index contributed by atoms with van der Waals surface area (Å²) < 4.78 is 5.42. The van der Waals surface area contributed by atoms with Gasteiger partial charge in [-0.2, -0.15) is 0 Å². The summed E-state index contributed by atoms with van der Waals surface area (Å²) in [5, 5.41) is 6.82. The van der Waals surface area contributed by atoms with Crippen molar-refractivity contribution >= 4 is 29.1 Å². The number of hydrogen-bond donors (Lipinski definition) is 3. The van der Waals surface area contributed by atoms with Gasteiger partial charge in [-0.25, -0.2) is 9.97 Å². The molecule has 1 amide bonds. The van der Waals surface area contributed by atoms with Crippen molar-refractivity contribution in [3.8, 4) is 11.3 Å².